The molecule has 180 valence electrons. The highest BCUT2D eigenvalue weighted by molar-refractivity contribution is 5.78. The summed E-state index contributed by atoms with van der Waals surface area (Å²) in [7, 11) is 0. The Bertz CT molecular complexity index is 1080. The molecule has 3 aromatic rings. The number of carbonyl (C=O) groups is 1. The van der Waals surface area contributed by atoms with Crippen LogP contribution in [0, 0.1) is 11.3 Å². The molecule has 0 bridgehead atoms. The number of nitrogens with zero attached hydrogens (tertiary/aromatic N) is 5. The number of hydrogen-bond donors (Lipinski definition) is 0. The third-order valence-corrected chi connectivity index (χ3v) is 6.55. The van der Waals surface area contributed by atoms with Crippen molar-refractivity contribution >= 4 is 5.91 Å². The molecule has 2 heterocycles. The molecule has 1 atom stereocenters. The number of benzene rings is 2. The van der Waals surface area contributed by atoms with Crippen molar-refractivity contribution in [3.63, 3.8) is 0 Å². The van der Waals surface area contributed by atoms with Gasteiger partial charge in [0, 0.05) is 50.7 Å². The van der Waals surface area contributed by atoms with Crippen molar-refractivity contribution in [2.45, 2.75) is 25.4 Å². The van der Waals surface area contributed by atoms with Crippen LogP contribution in [-0.4, -0.2) is 64.9 Å². The van der Waals surface area contributed by atoms with E-state index >= 15 is 0 Å². The van der Waals surface area contributed by atoms with E-state index in [9.17, 15) is 10.1 Å². The van der Waals surface area contributed by atoms with E-state index in [4.69, 9.17) is 0 Å². The predicted octanol–water partition coefficient (Wildman–Crippen LogP) is 3.93. The Labute approximate surface area is 208 Å². The molecule has 1 aromatic heterocycles. The molecular weight excluding hydrogens is 434 g/mol. The van der Waals surface area contributed by atoms with E-state index in [-0.39, 0.29) is 11.9 Å². The third kappa shape index (κ3) is 7.22. The molecule has 0 aliphatic carbocycles. The number of aromatic nitrogens is 1. The van der Waals surface area contributed by atoms with Crippen LogP contribution in [0.15, 0.2) is 85.2 Å². The topological polar surface area (TPSA) is 63.5 Å². The zero-order valence-electron chi connectivity index (χ0n) is 20.2. The van der Waals surface area contributed by atoms with Crippen LogP contribution < -0.4 is 0 Å². The molecule has 1 aliphatic rings. The second-order valence-electron chi connectivity index (χ2n) is 9.02. The Kier molecular flexibility index (Phi) is 8.99. The summed E-state index contributed by atoms with van der Waals surface area (Å²) < 4.78 is 0. The Morgan fingerprint density at radius 1 is 0.943 bits per heavy atom. The van der Waals surface area contributed by atoms with Crippen LogP contribution in [0.4, 0.5) is 0 Å². The first-order valence-electron chi connectivity index (χ1n) is 12.3. The maximum absolute atomic E-state index is 13.2. The number of aryl methyl sites for hydroxylation is 1. The zero-order valence-corrected chi connectivity index (χ0v) is 20.2. The lowest BCUT2D eigenvalue weighted by Crippen LogP contribution is -2.51. The lowest BCUT2D eigenvalue weighted by Gasteiger charge is -2.37. The molecule has 6 heteroatoms. The van der Waals surface area contributed by atoms with Crippen molar-refractivity contribution in [2.24, 2.45) is 0 Å². The molecule has 1 amide bonds. The summed E-state index contributed by atoms with van der Waals surface area (Å²) in [4.78, 5) is 23.7. The fraction of sp³-hybridized carbons (Fsp3) is 0.345. The molecule has 2 aromatic carbocycles. The van der Waals surface area contributed by atoms with Crippen LogP contribution in [0.25, 0.3) is 0 Å². The van der Waals surface area contributed by atoms with Crippen molar-refractivity contribution in [3.8, 4) is 6.07 Å². The second kappa shape index (κ2) is 12.8. The molecule has 35 heavy (non-hydrogen) atoms. The zero-order chi connectivity index (χ0) is 24.3. The maximum atomic E-state index is 13.2. The van der Waals surface area contributed by atoms with Gasteiger partial charge >= 0.3 is 0 Å². The van der Waals surface area contributed by atoms with Crippen molar-refractivity contribution in [1.82, 2.24) is 19.7 Å². The van der Waals surface area contributed by atoms with E-state index in [1.807, 2.05) is 41.3 Å². The first-order valence-corrected chi connectivity index (χ1v) is 12.3. The van der Waals surface area contributed by atoms with Gasteiger partial charge in [-0.15, -0.1) is 0 Å². The van der Waals surface area contributed by atoms with Gasteiger partial charge in [-0.2, -0.15) is 5.26 Å². The average molecular weight is 468 g/mol. The number of nitriles is 1. The number of carbonyl (C=O) groups excluding carboxylic acids is 1. The summed E-state index contributed by atoms with van der Waals surface area (Å²) >= 11 is 0. The van der Waals surface area contributed by atoms with Crippen LogP contribution in [-0.2, 0) is 17.8 Å². The number of hydrogen-bond acceptors (Lipinski definition) is 5. The number of amides is 1. The smallest absolute Gasteiger partial charge is 0.236 e. The highest BCUT2D eigenvalue weighted by atomic mass is 16.2. The lowest BCUT2D eigenvalue weighted by molar-refractivity contribution is -0.134. The number of rotatable bonds is 10. The van der Waals surface area contributed by atoms with Gasteiger partial charge in [-0.05, 0) is 36.6 Å². The molecule has 0 radical (unpaired) electrons. The molecule has 1 fully saturated rings. The van der Waals surface area contributed by atoms with Gasteiger partial charge in [-0.1, -0.05) is 66.7 Å². The summed E-state index contributed by atoms with van der Waals surface area (Å²) in [5.41, 5.74) is 3.45. The van der Waals surface area contributed by atoms with E-state index in [2.05, 4.69) is 57.3 Å². The Morgan fingerprint density at radius 2 is 1.63 bits per heavy atom. The maximum Gasteiger partial charge on any atom is 0.236 e. The van der Waals surface area contributed by atoms with E-state index in [1.54, 1.807) is 12.4 Å². The van der Waals surface area contributed by atoms with Crippen molar-refractivity contribution in [2.75, 3.05) is 39.3 Å². The summed E-state index contributed by atoms with van der Waals surface area (Å²) in [6.07, 6.45) is 5.48. The Morgan fingerprint density at radius 3 is 2.26 bits per heavy atom. The van der Waals surface area contributed by atoms with Gasteiger partial charge in [0.05, 0.1) is 12.6 Å². The van der Waals surface area contributed by atoms with Gasteiger partial charge in [-0.25, -0.2) is 0 Å². The number of pyridine rings is 1. The van der Waals surface area contributed by atoms with E-state index in [0.29, 0.717) is 32.7 Å². The van der Waals surface area contributed by atoms with Gasteiger partial charge in [0.25, 0.3) is 0 Å². The fourth-order valence-electron chi connectivity index (χ4n) is 4.63. The summed E-state index contributed by atoms with van der Waals surface area (Å²) in [5, 5.41) is 9.72. The van der Waals surface area contributed by atoms with Crippen molar-refractivity contribution in [3.05, 3.63) is 102 Å². The fourth-order valence-corrected chi connectivity index (χ4v) is 4.63. The van der Waals surface area contributed by atoms with Gasteiger partial charge in [0.2, 0.25) is 5.91 Å². The van der Waals surface area contributed by atoms with Crippen molar-refractivity contribution in [1.29, 1.82) is 5.26 Å². The standard InChI is InChI=1S/C29H33N5O/c30-21-28(27-14-7-15-31-22-27)33-17-19-34(20-18-33)29(35)24-32(23-26-11-5-2-6-12-26)16-8-13-25-9-3-1-4-10-25/h1-7,9-12,14-15,22,28H,8,13,16-20,23-24H2. The average Bonchev–Trinajstić information content (AvgIpc) is 2.91. The van der Waals surface area contributed by atoms with Crippen LogP contribution in [0.3, 0.4) is 0 Å². The summed E-state index contributed by atoms with van der Waals surface area (Å²) in [6.45, 7) is 4.69. The first-order chi connectivity index (χ1) is 17.2. The van der Waals surface area contributed by atoms with E-state index in [1.165, 1.54) is 11.1 Å². The van der Waals surface area contributed by atoms with Gasteiger partial charge in [0.15, 0.2) is 0 Å². The van der Waals surface area contributed by atoms with Gasteiger partial charge in [0.1, 0.15) is 6.04 Å². The molecule has 0 saturated carbocycles. The Hall–Kier alpha value is -3.53. The summed E-state index contributed by atoms with van der Waals surface area (Å²) in [5.74, 6) is 0.162. The second-order valence-corrected chi connectivity index (χ2v) is 9.02. The van der Waals surface area contributed by atoms with Crippen LogP contribution in [0.1, 0.15) is 29.2 Å². The first kappa shape index (κ1) is 24.6. The molecule has 1 saturated heterocycles. The minimum Gasteiger partial charge on any atom is -0.339 e. The summed E-state index contributed by atoms with van der Waals surface area (Å²) in [6, 6.07) is 26.7. The highest BCUT2D eigenvalue weighted by Gasteiger charge is 2.27. The quantitative estimate of drug-likeness (QED) is 0.452. The molecule has 4 rings (SSSR count). The molecule has 0 N–H and O–H groups in total. The van der Waals surface area contributed by atoms with Gasteiger partial charge in [-0.3, -0.25) is 19.6 Å². The highest BCUT2D eigenvalue weighted by Crippen LogP contribution is 2.21. The number of piperazine rings is 1. The minimum absolute atomic E-state index is 0.162. The molecular formula is C29H33N5O. The van der Waals surface area contributed by atoms with Crippen LogP contribution in [0.2, 0.25) is 0 Å². The molecule has 1 aliphatic heterocycles. The van der Waals surface area contributed by atoms with Crippen LogP contribution in [0.5, 0.6) is 0 Å². The Balaban J connectivity index is 1.32. The molecule has 1 unspecified atom stereocenters. The van der Waals surface area contributed by atoms with Gasteiger partial charge < -0.3 is 4.90 Å². The third-order valence-electron chi connectivity index (χ3n) is 6.55. The predicted molar refractivity (Wildman–Crippen MR) is 137 cm³/mol. The largest absolute Gasteiger partial charge is 0.339 e. The monoisotopic (exact) mass is 467 g/mol. The lowest BCUT2D eigenvalue weighted by atomic mass is 10.1. The molecule has 0 spiro atoms. The van der Waals surface area contributed by atoms with Crippen molar-refractivity contribution < 1.29 is 4.79 Å². The van der Waals surface area contributed by atoms with E-state index < -0.39 is 0 Å². The minimum atomic E-state index is -0.325. The van der Waals surface area contributed by atoms with Crippen LogP contribution >= 0.6 is 0 Å². The van der Waals surface area contributed by atoms with E-state index in [0.717, 1.165) is 31.5 Å². The molecule has 6 nitrogen and oxygen atoms in total. The SMILES string of the molecule is N#CC(c1cccnc1)N1CCN(C(=O)CN(CCCc2ccccc2)Cc2ccccc2)CC1. The normalized spacial score (nSPS) is 15.0.